The fourth-order valence-corrected chi connectivity index (χ4v) is 4.67. The summed E-state index contributed by atoms with van der Waals surface area (Å²) in [6.45, 7) is 1.69. The highest BCUT2D eigenvalue weighted by atomic mass is 35.5. The average molecular weight is 601 g/mol. The topological polar surface area (TPSA) is 130 Å². The van der Waals surface area contributed by atoms with Gasteiger partial charge in [0.05, 0.1) is 10.7 Å². The minimum atomic E-state index is -0.530. The van der Waals surface area contributed by atoms with Gasteiger partial charge in [0.15, 0.2) is 0 Å². The normalized spacial score (nSPS) is 11.0. The van der Waals surface area contributed by atoms with Crippen molar-refractivity contribution in [1.29, 1.82) is 0 Å². The maximum atomic E-state index is 13.2. The van der Waals surface area contributed by atoms with Gasteiger partial charge in [0.25, 0.3) is 17.5 Å². The number of aryl methyl sites for hydroxylation is 1. The number of carbonyl (C=O) groups excluding carboxylic acids is 3. The molecule has 0 aliphatic carbocycles. The summed E-state index contributed by atoms with van der Waals surface area (Å²) in [5.74, 6) is -1.12. The molecule has 4 aromatic carbocycles. The number of anilines is 2. The van der Waals surface area contributed by atoms with Crippen LogP contribution in [0.5, 0.6) is 0 Å². The lowest BCUT2D eigenvalue weighted by atomic mass is 10.1. The van der Waals surface area contributed by atoms with Crippen molar-refractivity contribution in [3.63, 3.8) is 0 Å². The van der Waals surface area contributed by atoms with Gasteiger partial charge in [-0.2, -0.15) is 0 Å². The molecule has 0 heterocycles. The molecule has 0 fully saturated rings. The van der Waals surface area contributed by atoms with Crippen LogP contribution < -0.4 is 16.0 Å². The van der Waals surface area contributed by atoms with Gasteiger partial charge >= 0.3 is 0 Å². The first-order chi connectivity index (χ1) is 20.2. The summed E-state index contributed by atoms with van der Waals surface area (Å²) in [7, 11) is 0. The van der Waals surface area contributed by atoms with Gasteiger partial charge in [-0.25, -0.2) is 0 Å². The van der Waals surface area contributed by atoms with Gasteiger partial charge in [0, 0.05) is 39.0 Å². The van der Waals surface area contributed by atoms with Crippen molar-refractivity contribution in [2.45, 2.75) is 11.8 Å². The predicted octanol–water partition coefficient (Wildman–Crippen LogP) is 6.70. The van der Waals surface area contributed by atoms with E-state index in [2.05, 4.69) is 16.0 Å². The van der Waals surface area contributed by atoms with Gasteiger partial charge in [-0.1, -0.05) is 41.9 Å². The fourth-order valence-electron chi connectivity index (χ4n) is 3.78. The number of rotatable bonds is 10. The van der Waals surface area contributed by atoms with Crippen molar-refractivity contribution in [3.8, 4) is 0 Å². The van der Waals surface area contributed by atoms with E-state index in [1.165, 1.54) is 36.0 Å². The second kappa shape index (κ2) is 14.1. The molecule has 0 saturated carbocycles. The molecule has 4 rings (SSSR count). The number of hydrogen-bond acceptors (Lipinski definition) is 6. The Morgan fingerprint density at radius 2 is 1.64 bits per heavy atom. The summed E-state index contributed by atoms with van der Waals surface area (Å²) in [5, 5.41) is 19.6. The van der Waals surface area contributed by atoms with E-state index in [0.717, 1.165) is 4.90 Å². The maximum Gasteiger partial charge on any atom is 0.272 e. The Bertz CT molecular complexity index is 1660. The predicted molar refractivity (Wildman–Crippen MR) is 166 cm³/mol. The number of amides is 3. The van der Waals surface area contributed by atoms with Crippen LogP contribution in [-0.4, -0.2) is 28.4 Å². The van der Waals surface area contributed by atoms with Gasteiger partial charge in [-0.3, -0.25) is 24.5 Å². The van der Waals surface area contributed by atoms with Gasteiger partial charge in [-0.05, 0) is 78.7 Å². The summed E-state index contributed by atoms with van der Waals surface area (Å²) in [5.41, 5.74) is 2.60. The molecular weight excluding hydrogens is 576 g/mol. The van der Waals surface area contributed by atoms with E-state index >= 15 is 0 Å². The molecule has 4 aromatic rings. The Kier molecular flexibility index (Phi) is 10.1. The number of nitro benzene ring substituents is 1. The van der Waals surface area contributed by atoms with Crippen molar-refractivity contribution in [3.05, 3.63) is 135 Å². The largest absolute Gasteiger partial charge is 0.325 e. The Hall–Kier alpha value is -4.93. The number of benzene rings is 4. The SMILES string of the molecule is Cc1cc([N+](=O)[O-])ccc1NC(=O)CSc1ccc(NC(=O)/C(=C/c2cccc(Cl)c2)NC(=O)c2ccccc2)cc1. The molecule has 42 heavy (non-hydrogen) atoms. The first-order valence-corrected chi connectivity index (χ1v) is 14.0. The van der Waals surface area contributed by atoms with E-state index in [9.17, 15) is 24.5 Å². The highest BCUT2D eigenvalue weighted by Crippen LogP contribution is 2.24. The smallest absolute Gasteiger partial charge is 0.272 e. The molecule has 0 aliphatic heterocycles. The zero-order chi connectivity index (χ0) is 30.1. The van der Waals surface area contributed by atoms with Crippen LogP contribution in [0.2, 0.25) is 5.02 Å². The van der Waals surface area contributed by atoms with Gasteiger partial charge in [0.2, 0.25) is 5.91 Å². The van der Waals surface area contributed by atoms with Crippen LogP contribution in [0.25, 0.3) is 6.08 Å². The molecule has 0 radical (unpaired) electrons. The van der Waals surface area contributed by atoms with Crippen LogP contribution in [0.4, 0.5) is 17.1 Å². The highest BCUT2D eigenvalue weighted by Gasteiger charge is 2.16. The lowest BCUT2D eigenvalue weighted by Crippen LogP contribution is -2.30. The van der Waals surface area contributed by atoms with E-state index in [0.29, 0.717) is 33.1 Å². The fraction of sp³-hybridized carbons (Fsp3) is 0.0645. The molecular formula is C31H25ClN4O5S. The van der Waals surface area contributed by atoms with Gasteiger partial charge < -0.3 is 16.0 Å². The van der Waals surface area contributed by atoms with E-state index < -0.39 is 16.7 Å². The van der Waals surface area contributed by atoms with Crippen LogP contribution in [0.3, 0.4) is 0 Å². The van der Waals surface area contributed by atoms with Crippen molar-refractivity contribution >= 4 is 64.2 Å². The maximum absolute atomic E-state index is 13.2. The Morgan fingerprint density at radius 1 is 0.905 bits per heavy atom. The summed E-state index contributed by atoms with van der Waals surface area (Å²) >= 11 is 7.39. The molecule has 0 atom stereocenters. The summed E-state index contributed by atoms with van der Waals surface area (Å²) in [6.07, 6.45) is 1.54. The number of nitrogens with zero attached hydrogens (tertiary/aromatic N) is 1. The van der Waals surface area contributed by atoms with Crippen molar-refractivity contribution in [2.75, 3.05) is 16.4 Å². The van der Waals surface area contributed by atoms with Crippen LogP contribution in [0, 0.1) is 17.0 Å². The zero-order valence-corrected chi connectivity index (χ0v) is 23.9. The molecule has 3 amide bonds. The zero-order valence-electron chi connectivity index (χ0n) is 22.3. The Balaban J connectivity index is 1.39. The molecule has 3 N–H and O–H groups in total. The van der Waals surface area contributed by atoms with E-state index in [1.807, 2.05) is 0 Å². The minimum Gasteiger partial charge on any atom is -0.325 e. The van der Waals surface area contributed by atoms with Gasteiger partial charge in [0.1, 0.15) is 5.70 Å². The number of thioether (sulfide) groups is 1. The number of hydrogen-bond donors (Lipinski definition) is 3. The van der Waals surface area contributed by atoms with Crippen LogP contribution >= 0.6 is 23.4 Å². The Labute approximate surface area is 251 Å². The van der Waals surface area contributed by atoms with Crippen molar-refractivity contribution in [1.82, 2.24) is 5.32 Å². The van der Waals surface area contributed by atoms with Crippen LogP contribution in [0.15, 0.2) is 108 Å². The molecule has 0 saturated heterocycles. The first-order valence-electron chi connectivity index (χ1n) is 12.6. The number of nitro groups is 1. The molecule has 0 aromatic heterocycles. The minimum absolute atomic E-state index is 0.0304. The molecule has 0 bridgehead atoms. The number of halogens is 1. The molecule has 0 aliphatic rings. The van der Waals surface area contributed by atoms with Crippen LogP contribution in [-0.2, 0) is 9.59 Å². The monoisotopic (exact) mass is 600 g/mol. The molecule has 9 nitrogen and oxygen atoms in total. The Morgan fingerprint density at radius 3 is 2.31 bits per heavy atom. The number of non-ortho nitro benzene ring substituents is 1. The van der Waals surface area contributed by atoms with Crippen molar-refractivity contribution in [2.24, 2.45) is 0 Å². The average Bonchev–Trinajstić information content (AvgIpc) is 2.98. The summed E-state index contributed by atoms with van der Waals surface area (Å²) in [6, 6.07) is 26.6. The van der Waals surface area contributed by atoms with E-state index in [4.69, 9.17) is 11.6 Å². The lowest BCUT2D eigenvalue weighted by molar-refractivity contribution is -0.384. The summed E-state index contributed by atoms with van der Waals surface area (Å²) in [4.78, 5) is 49.6. The van der Waals surface area contributed by atoms with Crippen LogP contribution in [0.1, 0.15) is 21.5 Å². The number of nitrogens with one attached hydrogen (secondary N) is 3. The molecule has 0 spiro atoms. The van der Waals surface area contributed by atoms with Crippen molar-refractivity contribution < 1.29 is 19.3 Å². The van der Waals surface area contributed by atoms with Gasteiger partial charge in [-0.15, -0.1) is 11.8 Å². The molecule has 11 heteroatoms. The third-order valence-electron chi connectivity index (χ3n) is 5.87. The second-order valence-corrected chi connectivity index (χ2v) is 10.5. The first kappa shape index (κ1) is 30.0. The third kappa shape index (κ3) is 8.53. The van der Waals surface area contributed by atoms with E-state index in [1.54, 1.807) is 85.8 Å². The highest BCUT2D eigenvalue weighted by molar-refractivity contribution is 8.00. The van der Waals surface area contributed by atoms with E-state index in [-0.39, 0.29) is 23.0 Å². The molecule has 212 valence electrons. The quantitative estimate of drug-likeness (QED) is 0.0804. The molecule has 0 unspecified atom stereocenters. The standard InChI is InChI=1S/C31H25ClN4O5S/c1-20-16-25(36(40)41)12-15-27(20)34-29(37)19-42-26-13-10-24(11-14-26)33-31(39)28(18-21-6-5-9-23(32)17-21)35-30(38)22-7-3-2-4-8-22/h2-18H,19H2,1H3,(H,33,39)(H,34,37)(H,35,38)/b28-18-. The second-order valence-electron chi connectivity index (χ2n) is 9.00. The third-order valence-corrected chi connectivity index (χ3v) is 7.11. The number of carbonyl (C=O) groups is 3. The lowest BCUT2D eigenvalue weighted by Gasteiger charge is -2.12. The summed E-state index contributed by atoms with van der Waals surface area (Å²) < 4.78 is 0.